The lowest BCUT2D eigenvalue weighted by Gasteiger charge is -2.29. The summed E-state index contributed by atoms with van der Waals surface area (Å²) in [5, 5.41) is 0. The average molecular weight is 229 g/mol. The largest absolute Gasteiger partial charge is 0.483 e. The quantitative estimate of drug-likeness (QED) is 0.835. The van der Waals surface area contributed by atoms with Gasteiger partial charge in [0.25, 0.3) is 0 Å². The molecule has 16 heavy (non-hydrogen) atoms. The van der Waals surface area contributed by atoms with Crippen molar-refractivity contribution >= 4 is 0 Å². The smallest absolute Gasteiger partial charge is 0.200 e. The minimum Gasteiger partial charge on any atom is -0.483 e. The van der Waals surface area contributed by atoms with Crippen LogP contribution in [0.3, 0.4) is 0 Å². The van der Waals surface area contributed by atoms with Crippen LogP contribution in [0.5, 0.6) is 5.75 Å². The summed E-state index contributed by atoms with van der Waals surface area (Å²) in [7, 11) is 0. The van der Waals surface area contributed by atoms with Crippen LogP contribution in [0.15, 0.2) is 18.2 Å². The van der Waals surface area contributed by atoms with E-state index in [0.29, 0.717) is 19.6 Å². The number of ether oxygens (including phenoxy) is 2. The lowest BCUT2D eigenvalue weighted by atomic mass is 10.1. The summed E-state index contributed by atoms with van der Waals surface area (Å²) >= 11 is 0. The zero-order chi connectivity index (χ0) is 11.5. The summed E-state index contributed by atoms with van der Waals surface area (Å²) in [6, 6.07) is 3.60. The molecule has 2 unspecified atom stereocenters. The van der Waals surface area contributed by atoms with E-state index in [4.69, 9.17) is 15.2 Å². The molecule has 0 aliphatic carbocycles. The van der Waals surface area contributed by atoms with Gasteiger partial charge in [0, 0.05) is 12.6 Å². The fraction of sp³-hybridized carbons (Fsp3) is 0.455. The molecule has 0 bridgehead atoms. The third-order valence-corrected chi connectivity index (χ3v) is 2.55. The molecule has 0 spiro atoms. The molecule has 2 rings (SSSR count). The molecule has 1 aliphatic rings. The molecule has 1 aromatic carbocycles. The van der Waals surface area contributed by atoms with Crippen LogP contribution in [0.1, 0.15) is 6.42 Å². The third-order valence-electron chi connectivity index (χ3n) is 2.55. The Morgan fingerprint density at radius 1 is 1.38 bits per heavy atom. The molecule has 88 valence electrons. The molecule has 3 nitrogen and oxygen atoms in total. The van der Waals surface area contributed by atoms with Crippen molar-refractivity contribution in [3.8, 4) is 5.75 Å². The molecular weight excluding hydrogens is 216 g/mol. The van der Waals surface area contributed by atoms with Gasteiger partial charge in [0.1, 0.15) is 6.10 Å². The molecule has 0 amide bonds. The Bertz CT molecular complexity index is 373. The van der Waals surface area contributed by atoms with Crippen molar-refractivity contribution in [2.75, 3.05) is 13.2 Å². The van der Waals surface area contributed by atoms with Gasteiger partial charge in [-0.2, -0.15) is 4.39 Å². The standard InChI is InChI=1S/C11H13F2NO2/c12-7-2-1-3-9(11(7)13)16-10-6-15-5-4-8(10)14/h1-3,8,10H,4-6,14H2. The highest BCUT2D eigenvalue weighted by Crippen LogP contribution is 2.22. The summed E-state index contributed by atoms with van der Waals surface area (Å²) in [4.78, 5) is 0. The third kappa shape index (κ3) is 2.31. The maximum absolute atomic E-state index is 13.3. The Morgan fingerprint density at radius 3 is 2.94 bits per heavy atom. The SMILES string of the molecule is NC1CCOCC1Oc1cccc(F)c1F. The van der Waals surface area contributed by atoms with Gasteiger partial charge in [-0.15, -0.1) is 0 Å². The van der Waals surface area contributed by atoms with Gasteiger partial charge in [-0.05, 0) is 18.6 Å². The van der Waals surface area contributed by atoms with Gasteiger partial charge in [-0.1, -0.05) is 6.07 Å². The summed E-state index contributed by atoms with van der Waals surface area (Å²) in [6.45, 7) is 0.879. The zero-order valence-electron chi connectivity index (χ0n) is 8.66. The monoisotopic (exact) mass is 229 g/mol. The van der Waals surface area contributed by atoms with E-state index in [2.05, 4.69) is 0 Å². The normalized spacial score (nSPS) is 25.4. The van der Waals surface area contributed by atoms with Gasteiger partial charge >= 0.3 is 0 Å². The van der Waals surface area contributed by atoms with Gasteiger partial charge in [0.05, 0.1) is 6.61 Å². The maximum Gasteiger partial charge on any atom is 0.200 e. The lowest BCUT2D eigenvalue weighted by Crippen LogP contribution is -2.46. The van der Waals surface area contributed by atoms with Crippen molar-refractivity contribution in [2.24, 2.45) is 5.73 Å². The average Bonchev–Trinajstić information content (AvgIpc) is 2.28. The number of halogens is 2. The second-order valence-electron chi connectivity index (χ2n) is 3.74. The summed E-state index contributed by atoms with van der Waals surface area (Å²) in [5.41, 5.74) is 5.79. The fourth-order valence-corrected chi connectivity index (χ4v) is 1.59. The molecule has 1 fully saturated rings. The Balaban J connectivity index is 2.10. The first-order chi connectivity index (χ1) is 7.68. The lowest BCUT2D eigenvalue weighted by molar-refractivity contribution is -0.00704. The van der Waals surface area contributed by atoms with Crippen LogP contribution in [0.4, 0.5) is 8.78 Å². The van der Waals surface area contributed by atoms with Gasteiger partial charge in [0.2, 0.25) is 5.82 Å². The summed E-state index contributed by atoms with van der Waals surface area (Å²) in [5.74, 6) is -2.03. The van der Waals surface area contributed by atoms with E-state index < -0.39 is 17.7 Å². The molecule has 0 radical (unpaired) electrons. The molecule has 1 aromatic rings. The highest BCUT2D eigenvalue weighted by atomic mass is 19.2. The Kier molecular flexibility index (Phi) is 3.36. The molecule has 0 aromatic heterocycles. The highest BCUT2D eigenvalue weighted by molar-refractivity contribution is 5.25. The van der Waals surface area contributed by atoms with E-state index in [1.165, 1.54) is 12.1 Å². The van der Waals surface area contributed by atoms with Crippen LogP contribution in [0.2, 0.25) is 0 Å². The molecule has 1 aliphatic heterocycles. The summed E-state index contributed by atoms with van der Waals surface area (Å²) < 4.78 is 36.7. The molecule has 5 heteroatoms. The van der Waals surface area contributed by atoms with E-state index in [0.717, 1.165) is 6.07 Å². The fourth-order valence-electron chi connectivity index (χ4n) is 1.59. The van der Waals surface area contributed by atoms with Crippen LogP contribution in [-0.2, 0) is 4.74 Å². The number of rotatable bonds is 2. The number of nitrogens with two attached hydrogens (primary N) is 1. The minimum absolute atomic E-state index is 0.119. The molecule has 0 saturated carbocycles. The van der Waals surface area contributed by atoms with E-state index >= 15 is 0 Å². The first-order valence-corrected chi connectivity index (χ1v) is 5.12. The van der Waals surface area contributed by atoms with Crippen molar-refractivity contribution in [1.82, 2.24) is 0 Å². The first-order valence-electron chi connectivity index (χ1n) is 5.12. The molecule has 2 atom stereocenters. The van der Waals surface area contributed by atoms with Crippen LogP contribution in [-0.4, -0.2) is 25.4 Å². The second kappa shape index (κ2) is 4.76. The van der Waals surface area contributed by atoms with E-state index in [1.54, 1.807) is 0 Å². The van der Waals surface area contributed by atoms with Crippen molar-refractivity contribution in [3.05, 3.63) is 29.8 Å². The predicted molar refractivity (Wildman–Crippen MR) is 54.2 cm³/mol. The van der Waals surface area contributed by atoms with Crippen LogP contribution in [0.25, 0.3) is 0 Å². The van der Waals surface area contributed by atoms with Crippen LogP contribution in [0, 0.1) is 11.6 Å². The van der Waals surface area contributed by atoms with Crippen LogP contribution >= 0.6 is 0 Å². The van der Waals surface area contributed by atoms with Gasteiger partial charge in [-0.3, -0.25) is 0 Å². The second-order valence-corrected chi connectivity index (χ2v) is 3.74. The first kappa shape index (κ1) is 11.3. The molecule has 1 saturated heterocycles. The van der Waals surface area contributed by atoms with Crippen molar-refractivity contribution in [3.63, 3.8) is 0 Å². The van der Waals surface area contributed by atoms with E-state index in [-0.39, 0.29) is 11.8 Å². The van der Waals surface area contributed by atoms with E-state index in [1.807, 2.05) is 0 Å². The molecular formula is C11H13F2NO2. The number of benzene rings is 1. The van der Waals surface area contributed by atoms with Gasteiger partial charge < -0.3 is 15.2 Å². The topological polar surface area (TPSA) is 44.5 Å². The van der Waals surface area contributed by atoms with E-state index in [9.17, 15) is 8.78 Å². The Hall–Kier alpha value is -1.20. The van der Waals surface area contributed by atoms with Crippen LogP contribution < -0.4 is 10.5 Å². The molecule has 1 heterocycles. The Morgan fingerprint density at radius 2 is 2.19 bits per heavy atom. The highest BCUT2D eigenvalue weighted by Gasteiger charge is 2.25. The van der Waals surface area contributed by atoms with Crippen molar-refractivity contribution < 1.29 is 18.3 Å². The minimum atomic E-state index is -0.986. The number of hydrogen-bond donors (Lipinski definition) is 1. The maximum atomic E-state index is 13.3. The van der Waals surface area contributed by atoms with Crippen molar-refractivity contribution in [2.45, 2.75) is 18.6 Å². The predicted octanol–water partition coefficient (Wildman–Crippen LogP) is 1.46. The molecule has 2 N–H and O–H groups in total. The van der Waals surface area contributed by atoms with Gasteiger partial charge in [0.15, 0.2) is 11.6 Å². The Labute approximate surface area is 92.1 Å². The van der Waals surface area contributed by atoms with Gasteiger partial charge in [-0.25, -0.2) is 4.39 Å². The zero-order valence-corrected chi connectivity index (χ0v) is 8.66. The summed E-state index contributed by atoms with van der Waals surface area (Å²) in [6.07, 6.45) is 0.228. The number of hydrogen-bond acceptors (Lipinski definition) is 3. The van der Waals surface area contributed by atoms with Crippen molar-refractivity contribution in [1.29, 1.82) is 0 Å².